The van der Waals surface area contributed by atoms with Crippen molar-refractivity contribution in [3.63, 3.8) is 0 Å². The van der Waals surface area contributed by atoms with Gasteiger partial charge in [-0.25, -0.2) is 18.5 Å². The zero-order chi connectivity index (χ0) is 17.8. The Morgan fingerprint density at radius 3 is 2.36 bits per heavy atom. The minimum Gasteiger partial charge on any atom is -0.445 e. The summed E-state index contributed by atoms with van der Waals surface area (Å²) in [4.78, 5) is 4.71. The number of benzene rings is 1. The number of hydrogen-bond acceptors (Lipinski definition) is 4. The maximum atomic E-state index is 11.4. The van der Waals surface area contributed by atoms with Gasteiger partial charge in [0.1, 0.15) is 5.76 Å². The molecule has 2 N–H and O–H groups in total. The molecule has 6 heteroatoms. The number of sulfonamides is 1. The average molecular weight is 360 g/mol. The van der Waals surface area contributed by atoms with E-state index in [-0.39, 0.29) is 22.1 Å². The second-order valence-corrected chi connectivity index (χ2v) is 9.53. The van der Waals surface area contributed by atoms with Crippen LogP contribution in [0.3, 0.4) is 0 Å². The molecule has 4 rings (SSSR count). The van der Waals surface area contributed by atoms with E-state index in [9.17, 15) is 8.42 Å². The molecule has 0 bridgehead atoms. The predicted octanol–water partition coefficient (Wildman–Crippen LogP) is 3.89. The zero-order valence-corrected chi connectivity index (χ0v) is 15.4. The molecule has 0 radical (unpaired) electrons. The number of aromatic nitrogens is 1. The van der Waals surface area contributed by atoms with Crippen molar-refractivity contribution in [2.24, 2.45) is 10.6 Å². The summed E-state index contributed by atoms with van der Waals surface area (Å²) in [6, 6.07) is 6.87. The monoisotopic (exact) mass is 360 g/mol. The van der Waals surface area contributed by atoms with Crippen LogP contribution in [-0.4, -0.2) is 13.4 Å². The van der Waals surface area contributed by atoms with Crippen molar-refractivity contribution in [1.82, 2.24) is 4.98 Å². The number of primary sulfonamides is 1. The molecule has 0 spiro atoms. The fraction of sp³-hybridized carbons (Fsp3) is 0.526. The molecule has 2 aliphatic rings. The fourth-order valence-corrected chi connectivity index (χ4v) is 4.94. The maximum absolute atomic E-state index is 11.4. The van der Waals surface area contributed by atoms with E-state index in [4.69, 9.17) is 9.56 Å². The molecule has 1 aromatic heterocycles. The van der Waals surface area contributed by atoms with Crippen molar-refractivity contribution in [3.8, 4) is 0 Å². The summed E-state index contributed by atoms with van der Waals surface area (Å²) in [6.45, 7) is 4.41. The van der Waals surface area contributed by atoms with Gasteiger partial charge >= 0.3 is 0 Å². The first kappa shape index (κ1) is 16.8. The van der Waals surface area contributed by atoms with E-state index in [0.717, 1.165) is 17.2 Å². The Hall–Kier alpha value is -1.66. The third-order valence-corrected chi connectivity index (χ3v) is 6.89. The largest absolute Gasteiger partial charge is 0.445 e. The van der Waals surface area contributed by atoms with Gasteiger partial charge in [0.05, 0.1) is 11.1 Å². The Kier molecular flexibility index (Phi) is 3.81. The number of rotatable bonds is 4. The molecule has 25 heavy (non-hydrogen) atoms. The van der Waals surface area contributed by atoms with Gasteiger partial charge in [-0.15, -0.1) is 0 Å². The second kappa shape index (κ2) is 5.68. The van der Waals surface area contributed by atoms with Crippen LogP contribution in [0.25, 0.3) is 0 Å². The standard InChI is InChI=1S/C19H24N2O3S/c1-19(2)16(13-7-9-14(10-8-13)25(20,22)23)17(19)18-21-11-15(24-18)12-5-3-4-6-12/h7-12,16-17H,3-6H2,1-2H3,(H2,20,22,23)/t16-,17+/m0/s1. The first-order valence-electron chi connectivity index (χ1n) is 8.87. The van der Waals surface area contributed by atoms with Gasteiger partial charge < -0.3 is 4.42 Å². The summed E-state index contributed by atoms with van der Waals surface area (Å²) in [7, 11) is -3.66. The molecule has 1 heterocycles. The summed E-state index contributed by atoms with van der Waals surface area (Å²) in [6.07, 6.45) is 6.84. The average Bonchev–Trinajstić information content (AvgIpc) is 3.03. The minimum atomic E-state index is -3.66. The molecule has 0 aliphatic heterocycles. The zero-order valence-electron chi connectivity index (χ0n) is 14.6. The highest BCUT2D eigenvalue weighted by Crippen LogP contribution is 2.69. The molecule has 1 aromatic carbocycles. The van der Waals surface area contributed by atoms with E-state index in [1.165, 1.54) is 25.7 Å². The first-order chi connectivity index (χ1) is 11.8. The molecule has 2 atom stereocenters. The highest BCUT2D eigenvalue weighted by molar-refractivity contribution is 7.89. The molecule has 2 saturated carbocycles. The molecular weight excluding hydrogens is 336 g/mol. The molecule has 134 valence electrons. The number of nitrogens with zero attached hydrogens (tertiary/aromatic N) is 1. The van der Waals surface area contributed by atoms with Crippen LogP contribution in [-0.2, 0) is 10.0 Å². The Balaban J connectivity index is 1.57. The summed E-state index contributed by atoms with van der Waals surface area (Å²) in [5.74, 6) is 2.86. The Morgan fingerprint density at radius 2 is 1.76 bits per heavy atom. The van der Waals surface area contributed by atoms with Crippen LogP contribution in [0.15, 0.2) is 39.8 Å². The third-order valence-electron chi connectivity index (χ3n) is 5.96. The second-order valence-electron chi connectivity index (χ2n) is 7.97. The van der Waals surface area contributed by atoms with Crippen LogP contribution < -0.4 is 5.14 Å². The Labute approximate surface area is 148 Å². The van der Waals surface area contributed by atoms with Gasteiger partial charge in [-0.3, -0.25) is 0 Å². The Bertz CT molecular complexity index is 878. The van der Waals surface area contributed by atoms with Gasteiger partial charge in [0.25, 0.3) is 0 Å². The first-order valence-corrected chi connectivity index (χ1v) is 10.4. The highest BCUT2D eigenvalue weighted by atomic mass is 32.2. The normalized spacial score (nSPS) is 26.0. The van der Waals surface area contributed by atoms with E-state index in [2.05, 4.69) is 18.8 Å². The molecule has 0 unspecified atom stereocenters. The lowest BCUT2D eigenvalue weighted by Gasteiger charge is -2.04. The van der Waals surface area contributed by atoms with Gasteiger partial charge in [-0.2, -0.15) is 0 Å². The third kappa shape index (κ3) is 2.91. The van der Waals surface area contributed by atoms with Gasteiger partial charge in [0, 0.05) is 17.8 Å². The maximum Gasteiger partial charge on any atom is 0.238 e. The van der Waals surface area contributed by atoms with Crippen molar-refractivity contribution in [2.75, 3.05) is 0 Å². The summed E-state index contributed by atoms with van der Waals surface area (Å²) >= 11 is 0. The van der Waals surface area contributed by atoms with E-state index < -0.39 is 10.0 Å². The molecule has 5 nitrogen and oxygen atoms in total. The minimum absolute atomic E-state index is 0.0426. The van der Waals surface area contributed by atoms with Gasteiger partial charge in [-0.05, 0) is 36.0 Å². The lowest BCUT2D eigenvalue weighted by molar-refractivity contribution is 0.411. The van der Waals surface area contributed by atoms with E-state index in [0.29, 0.717) is 5.92 Å². The summed E-state index contributed by atoms with van der Waals surface area (Å²) < 4.78 is 29.0. The molecule has 0 saturated heterocycles. The van der Waals surface area contributed by atoms with Gasteiger partial charge in [0.2, 0.25) is 10.0 Å². The van der Waals surface area contributed by atoms with Gasteiger partial charge in [-0.1, -0.05) is 38.8 Å². The van der Waals surface area contributed by atoms with E-state index in [1.807, 2.05) is 18.3 Å². The number of hydrogen-bond donors (Lipinski definition) is 1. The van der Waals surface area contributed by atoms with Crippen molar-refractivity contribution >= 4 is 10.0 Å². The number of nitrogens with two attached hydrogens (primary N) is 1. The molecule has 2 aliphatic carbocycles. The van der Waals surface area contributed by atoms with Crippen molar-refractivity contribution in [3.05, 3.63) is 47.7 Å². The highest BCUT2D eigenvalue weighted by Gasteiger charge is 2.61. The van der Waals surface area contributed by atoms with Crippen LogP contribution in [0, 0.1) is 5.41 Å². The van der Waals surface area contributed by atoms with Crippen molar-refractivity contribution < 1.29 is 12.8 Å². The van der Waals surface area contributed by atoms with E-state index >= 15 is 0 Å². The molecular formula is C19H24N2O3S. The molecule has 0 amide bonds. The summed E-state index contributed by atoms with van der Waals surface area (Å²) in [5, 5.41) is 5.18. The quantitative estimate of drug-likeness (QED) is 0.896. The smallest absolute Gasteiger partial charge is 0.238 e. The SMILES string of the molecule is CC1(C)[C@@H](c2ccc(S(N)(=O)=O)cc2)[C@@H]1c1ncc(C2CCCC2)o1. The number of oxazole rings is 1. The fourth-order valence-electron chi connectivity index (χ4n) is 4.43. The van der Waals surface area contributed by atoms with Crippen LogP contribution in [0.2, 0.25) is 0 Å². The molecule has 2 aromatic rings. The topological polar surface area (TPSA) is 86.2 Å². The van der Waals surface area contributed by atoms with Gasteiger partial charge in [0.15, 0.2) is 5.89 Å². The lowest BCUT2D eigenvalue weighted by Crippen LogP contribution is -2.11. The van der Waals surface area contributed by atoms with Crippen molar-refractivity contribution in [2.45, 2.75) is 62.2 Å². The van der Waals surface area contributed by atoms with Crippen LogP contribution in [0.1, 0.15) is 74.5 Å². The Morgan fingerprint density at radius 1 is 1.12 bits per heavy atom. The lowest BCUT2D eigenvalue weighted by atomic mass is 10.0. The van der Waals surface area contributed by atoms with Crippen LogP contribution in [0.5, 0.6) is 0 Å². The van der Waals surface area contributed by atoms with Crippen molar-refractivity contribution in [1.29, 1.82) is 0 Å². The molecule has 2 fully saturated rings. The van der Waals surface area contributed by atoms with Crippen LogP contribution >= 0.6 is 0 Å². The predicted molar refractivity (Wildman–Crippen MR) is 94.8 cm³/mol. The van der Waals surface area contributed by atoms with Crippen LogP contribution in [0.4, 0.5) is 0 Å². The summed E-state index contributed by atoms with van der Waals surface area (Å²) in [5.41, 5.74) is 1.14. The van der Waals surface area contributed by atoms with E-state index in [1.54, 1.807) is 12.1 Å².